The number of hydrogen-bond donors (Lipinski definition) is 2. The molecule has 1 aromatic carbocycles. The van der Waals surface area contributed by atoms with E-state index in [2.05, 4.69) is 15.5 Å². The van der Waals surface area contributed by atoms with E-state index in [0.717, 1.165) is 23.0 Å². The Kier molecular flexibility index (Phi) is 6.53. The highest BCUT2D eigenvalue weighted by Gasteiger charge is 2.29. The smallest absolute Gasteiger partial charge is 0.346 e. The number of aryl methyl sites for hydroxylation is 1. The molecule has 1 unspecified atom stereocenters. The van der Waals surface area contributed by atoms with Crippen LogP contribution >= 0.6 is 34.7 Å². The Labute approximate surface area is 155 Å². The second-order valence-electron chi connectivity index (χ2n) is 5.06. The molecule has 0 spiro atoms. The summed E-state index contributed by atoms with van der Waals surface area (Å²) in [4.78, 5) is 11.7. The number of alkyl halides is 3. The van der Waals surface area contributed by atoms with Crippen molar-refractivity contribution >= 4 is 51.4 Å². The summed E-state index contributed by atoms with van der Waals surface area (Å²) in [6.07, 6.45) is -4.44. The minimum atomic E-state index is -4.44. The third kappa shape index (κ3) is 6.37. The molecule has 0 saturated heterocycles. The van der Waals surface area contributed by atoms with Crippen molar-refractivity contribution in [3.8, 4) is 0 Å². The fourth-order valence-electron chi connectivity index (χ4n) is 1.64. The Balaban J connectivity index is 1.92. The maximum atomic E-state index is 12.1. The number of carbonyl (C=O) groups excluding carboxylic acids is 1. The molecule has 2 aromatic rings. The molecule has 0 aliphatic heterocycles. The number of amides is 1. The summed E-state index contributed by atoms with van der Waals surface area (Å²) < 4.78 is 36.8. The molecule has 1 amide bonds. The van der Waals surface area contributed by atoms with Crippen LogP contribution in [-0.2, 0) is 4.79 Å². The van der Waals surface area contributed by atoms with Gasteiger partial charge < -0.3 is 10.6 Å². The summed E-state index contributed by atoms with van der Waals surface area (Å²) >= 11 is 8.28. The van der Waals surface area contributed by atoms with E-state index in [1.165, 1.54) is 18.3 Å². The van der Waals surface area contributed by atoms with Gasteiger partial charge >= 0.3 is 6.18 Å². The second-order valence-corrected chi connectivity index (χ2v) is 8.03. The summed E-state index contributed by atoms with van der Waals surface area (Å²) in [5.41, 5.74) is 1.68. The van der Waals surface area contributed by atoms with Gasteiger partial charge in [-0.15, -0.1) is 10.2 Å². The average molecular weight is 411 g/mol. The molecule has 25 heavy (non-hydrogen) atoms. The van der Waals surface area contributed by atoms with Crippen molar-refractivity contribution in [2.24, 2.45) is 0 Å². The fourth-order valence-corrected chi connectivity index (χ4v) is 3.76. The molecule has 2 N–H and O–H groups in total. The van der Waals surface area contributed by atoms with Crippen LogP contribution in [0.15, 0.2) is 22.5 Å². The van der Waals surface area contributed by atoms with Crippen LogP contribution in [0.1, 0.15) is 12.5 Å². The third-order valence-electron chi connectivity index (χ3n) is 2.94. The number of carbonyl (C=O) groups is 1. The van der Waals surface area contributed by atoms with E-state index in [1.54, 1.807) is 6.07 Å². The van der Waals surface area contributed by atoms with Crippen molar-refractivity contribution in [2.45, 2.75) is 29.6 Å². The van der Waals surface area contributed by atoms with Crippen molar-refractivity contribution in [1.29, 1.82) is 0 Å². The van der Waals surface area contributed by atoms with Gasteiger partial charge in [-0.2, -0.15) is 13.2 Å². The summed E-state index contributed by atoms with van der Waals surface area (Å²) in [5, 5.41) is 13.1. The highest BCUT2D eigenvalue weighted by Crippen LogP contribution is 2.31. The lowest BCUT2D eigenvalue weighted by atomic mass is 10.2. The molecule has 0 radical (unpaired) electrons. The number of aromatic nitrogens is 2. The van der Waals surface area contributed by atoms with Crippen LogP contribution in [0, 0.1) is 6.92 Å². The summed E-state index contributed by atoms with van der Waals surface area (Å²) in [7, 11) is 0. The number of rotatable bonds is 6. The molecular weight excluding hydrogens is 397 g/mol. The lowest BCUT2D eigenvalue weighted by molar-refractivity contribution is -0.137. The maximum absolute atomic E-state index is 12.1. The molecule has 2 rings (SSSR count). The van der Waals surface area contributed by atoms with E-state index in [4.69, 9.17) is 11.6 Å². The molecule has 0 fully saturated rings. The normalized spacial score (nSPS) is 12.7. The zero-order valence-corrected chi connectivity index (χ0v) is 15.5. The molecule has 1 atom stereocenters. The average Bonchev–Trinajstić information content (AvgIpc) is 2.94. The Morgan fingerprint density at radius 1 is 1.40 bits per heavy atom. The zero-order chi connectivity index (χ0) is 18.6. The quantitative estimate of drug-likeness (QED) is 0.691. The highest BCUT2D eigenvalue weighted by molar-refractivity contribution is 8.02. The van der Waals surface area contributed by atoms with Gasteiger partial charge in [0.2, 0.25) is 11.0 Å². The van der Waals surface area contributed by atoms with Crippen LogP contribution in [0.4, 0.5) is 24.0 Å². The van der Waals surface area contributed by atoms with E-state index in [0.29, 0.717) is 14.5 Å². The number of nitrogens with one attached hydrogen (secondary N) is 2. The number of benzene rings is 1. The lowest BCUT2D eigenvalue weighted by Gasteiger charge is -2.11. The molecule has 5 nitrogen and oxygen atoms in total. The van der Waals surface area contributed by atoms with E-state index in [9.17, 15) is 18.0 Å². The van der Waals surface area contributed by atoms with Gasteiger partial charge in [0.25, 0.3) is 0 Å². The first-order valence-electron chi connectivity index (χ1n) is 7.02. The Morgan fingerprint density at radius 3 is 2.76 bits per heavy atom. The van der Waals surface area contributed by atoms with Crippen LogP contribution in [0.3, 0.4) is 0 Å². The predicted octanol–water partition coefficient (Wildman–Crippen LogP) is 4.40. The molecule has 136 valence electrons. The first-order chi connectivity index (χ1) is 11.6. The third-order valence-corrected chi connectivity index (χ3v) is 5.37. The van der Waals surface area contributed by atoms with Crippen LogP contribution < -0.4 is 10.6 Å². The van der Waals surface area contributed by atoms with Crippen molar-refractivity contribution in [3.05, 3.63) is 28.8 Å². The van der Waals surface area contributed by atoms with Crippen molar-refractivity contribution in [2.75, 3.05) is 11.9 Å². The largest absolute Gasteiger partial charge is 0.405 e. The predicted molar refractivity (Wildman–Crippen MR) is 93.8 cm³/mol. The molecule has 1 heterocycles. The molecule has 0 aliphatic rings. The summed E-state index contributed by atoms with van der Waals surface area (Å²) in [5.74, 6) is -0.711. The Hall–Kier alpha value is -1.52. The summed E-state index contributed by atoms with van der Waals surface area (Å²) in [6.45, 7) is 2.04. The number of thioether (sulfide) groups is 1. The van der Waals surface area contributed by atoms with Crippen molar-refractivity contribution in [1.82, 2.24) is 15.5 Å². The van der Waals surface area contributed by atoms with Gasteiger partial charge in [0, 0.05) is 10.7 Å². The first-order valence-corrected chi connectivity index (χ1v) is 9.09. The van der Waals surface area contributed by atoms with Crippen molar-refractivity contribution in [3.63, 3.8) is 0 Å². The molecule has 0 saturated carbocycles. The summed E-state index contributed by atoms with van der Waals surface area (Å²) in [6, 6.07) is 5.44. The zero-order valence-electron chi connectivity index (χ0n) is 13.1. The first kappa shape index (κ1) is 19.8. The van der Waals surface area contributed by atoms with Gasteiger partial charge in [-0.1, -0.05) is 40.8 Å². The van der Waals surface area contributed by atoms with Crippen molar-refractivity contribution < 1.29 is 18.0 Å². The van der Waals surface area contributed by atoms with Gasteiger partial charge in [0.05, 0.1) is 5.25 Å². The Morgan fingerprint density at radius 2 is 2.12 bits per heavy atom. The van der Waals surface area contributed by atoms with E-state index < -0.39 is 23.9 Å². The number of hydrogen-bond acceptors (Lipinski definition) is 6. The number of halogens is 4. The van der Waals surface area contributed by atoms with E-state index in [-0.39, 0.29) is 0 Å². The second kappa shape index (κ2) is 8.24. The molecular formula is C14H14ClF3N4OS2. The fraction of sp³-hybridized carbons (Fsp3) is 0.357. The minimum Gasteiger partial charge on any atom is -0.346 e. The van der Waals surface area contributed by atoms with Gasteiger partial charge in [-0.3, -0.25) is 4.79 Å². The SMILES string of the molecule is Cc1ccc(Nc2nnc(SC(C)C(=O)NCC(F)(F)F)s2)cc1Cl. The van der Waals surface area contributed by atoms with Gasteiger partial charge in [0.1, 0.15) is 6.54 Å². The highest BCUT2D eigenvalue weighted by atomic mass is 35.5. The monoisotopic (exact) mass is 410 g/mol. The van der Waals surface area contributed by atoms with Crippen LogP contribution in [0.25, 0.3) is 0 Å². The molecule has 11 heteroatoms. The minimum absolute atomic E-state index is 0.468. The lowest BCUT2D eigenvalue weighted by Crippen LogP contribution is -2.37. The van der Waals surface area contributed by atoms with Gasteiger partial charge in [-0.05, 0) is 31.5 Å². The van der Waals surface area contributed by atoms with Gasteiger partial charge in [0.15, 0.2) is 4.34 Å². The Bertz CT molecular complexity index is 754. The van der Waals surface area contributed by atoms with Crippen LogP contribution in [0.2, 0.25) is 5.02 Å². The number of anilines is 2. The standard InChI is InChI=1S/C14H14ClF3N4OS2/c1-7-3-4-9(5-10(7)15)20-12-21-22-13(25-12)24-8(2)11(23)19-6-14(16,17)18/h3-5,8H,6H2,1-2H3,(H,19,23)(H,20,21). The maximum Gasteiger partial charge on any atom is 0.405 e. The van der Waals surface area contributed by atoms with E-state index >= 15 is 0 Å². The topological polar surface area (TPSA) is 66.9 Å². The molecule has 0 aliphatic carbocycles. The number of nitrogens with zero attached hydrogens (tertiary/aromatic N) is 2. The molecule has 1 aromatic heterocycles. The molecule has 0 bridgehead atoms. The van der Waals surface area contributed by atoms with E-state index in [1.807, 2.05) is 24.4 Å². The van der Waals surface area contributed by atoms with Crippen LogP contribution in [-0.4, -0.2) is 34.1 Å². The van der Waals surface area contributed by atoms with Gasteiger partial charge in [-0.25, -0.2) is 0 Å². The van der Waals surface area contributed by atoms with Crippen LogP contribution in [0.5, 0.6) is 0 Å².